The fourth-order valence-corrected chi connectivity index (χ4v) is 2.43. The Bertz CT molecular complexity index is 460. The molecule has 0 fully saturated rings. The van der Waals surface area contributed by atoms with Crippen LogP contribution >= 0.6 is 0 Å². The number of fused-ring (bicyclic) bond motifs is 1. The zero-order valence-corrected chi connectivity index (χ0v) is 11.1. The molecule has 0 radical (unpaired) electrons. The Morgan fingerprint density at radius 3 is 2.78 bits per heavy atom. The lowest BCUT2D eigenvalue weighted by atomic mass is 10.0. The summed E-state index contributed by atoms with van der Waals surface area (Å²) in [6.45, 7) is 0. The van der Waals surface area contributed by atoms with Gasteiger partial charge in [0.1, 0.15) is 0 Å². The van der Waals surface area contributed by atoms with Crippen molar-refractivity contribution in [3.63, 3.8) is 0 Å². The highest BCUT2D eigenvalue weighted by Gasteiger charge is 2.21. The summed E-state index contributed by atoms with van der Waals surface area (Å²) in [6.07, 6.45) is 6.63. The number of carbonyl (C=O) groups is 2. The Morgan fingerprint density at radius 1 is 1.33 bits per heavy atom. The van der Waals surface area contributed by atoms with Gasteiger partial charge in [0.25, 0.3) is 0 Å². The van der Waals surface area contributed by atoms with E-state index in [1.54, 1.807) is 19.0 Å². The monoisotopic (exact) mass is 248 g/mol. The zero-order chi connectivity index (χ0) is 13.1. The lowest BCUT2D eigenvalue weighted by molar-refractivity contribution is -0.128. The van der Waals surface area contributed by atoms with E-state index in [0.29, 0.717) is 19.3 Å². The molecule has 1 amide bonds. The number of H-pyrrole nitrogens is 1. The standard InChI is InChI=1S/C14H20N2O2/c1-16(2)13(18)8-7-10-9-15-11-5-3-4-6-12(17)14(10)11/h9,15H,3-8H2,1-2H3. The van der Waals surface area contributed by atoms with Crippen LogP contribution in [-0.4, -0.2) is 35.7 Å². The number of hydrogen-bond acceptors (Lipinski definition) is 2. The molecular formula is C14H20N2O2. The van der Waals surface area contributed by atoms with Gasteiger partial charge in [-0.05, 0) is 31.2 Å². The summed E-state index contributed by atoms with van der Waals surface area (Å²) in [4.78, 5) is 28.4. The van der Waals surface area contributed by atoms with Crippen LogP contribution in [0.1, 0.15) is 47.3 Å². The van der Waals surface area contributed by atoms with E-state index >= 15 is 0 Å². The van der Waals surface area contributed by atoms with Crippen molar-refractivity contribution in [2.24, 2.45) is 0 Å². The van der Waals surface area contributed by atoms with Gasteiger partial charge in [-0.15, -0.1) is 0 Å². The molecular weight excluding hydrogens is 228 g/mol. The van der Waals surface area contributed by atoms with Crippen LogP contribution in [0.4, 0.5) is 0 Å². The minimum atomic E-state index is 0.103. The van der Waals surface area contributed by atoms with E-state index in [1.165, 1.54) is 0 Å². The highest BCUT2D eigenvalue weighted by molar-refractivity contribution is 5.99. The maximum atomic E-state index is 12.1. The van der Waals surface area contributed by atoms with Gasteiger partial charge in [0.05, 0.1) is 0 Å². The molecule has 1 heterocycles. The van der Waals surface area contributed by atoms with Gasteiger partial charge in [0.15, 0.2) is 5.78 Å². The molecule has 0 spiro atoms. The summed E-state index contributed by atoms with van der Waals surface area (Å²) in [6, 6.07) is 0. The van der Waals surface area contributed by atoms with Crippen molar-refractivity contribution in [2.75, 3.05) is 14.1 Å². The van der Waals surface area contributed by atoms with Gasteiger partial charge in [0.2, 0.25) is 5.91 Å². The van der Waals surface area contributed by atoms with Crippen molar-refractivity contribution in [2.45, 2.75) is 38.5 Å². The van der Waals surface area contributed by atoms with Crippen molar-refractivity contribution >= 4 is 11.7 Å². The molecule has 98 valence electrons. The predicted molar refractivity (Wildman–Crippen MR) is 69.7 cm³/mol. The number of nitrogens with zero attached hydrogens (tertiary/aromatic N) is 1. The Hall–Kier alpha value is -1.58. The molecule has 4 heteroatoms. The second kappa shape index (κ2) is 5.38. The van der Waals surface area contributed by atoms with Gasteiger partial charge in [-0.25, -0.2) is 0 Å². The Kier molecular flexibility index (Phi) is 3.84. The number of aryl methyl sites for hydroxylation is 2. The summed E-state index contributed by atoms with van der Waals surface area (Å²) in [5.74, 6) is 0.335. The van der Waals surface area contributed by atoms with Gasteiger partial charge >= 0.3 is 0 Å². The largest absolute Gasteiger partial charge is 0.364 e. The summed E-state index contributed by atoms with van der Waals surface area (Å²) in [5, 5.41) is 0. The molecule has 0 atom stereocenters. The molecule has 1 aliphatic rings. The molecule has 1 aliphatic carbocycles. The van der Waals surface area contributed by atoms with Crippen molar-refractivity contribution in [3.8, 4) is 0 Å². The summed E-state index contributed by atoms with van der Waals surface area (Å²) in [5.41, 5.74) is 2.93. The normalized spacial score (nSPS) is 15.1. The maximum absolute atomic E-state index is 12.1. The SMILES string of the molecule is CN(C)C(=O)CCc1c[nH]c2c1C(=O)CCCC2. The summed E-state index contributed by atoms with van der Waals surface area (Å²) < 4.78 is 0. The van der Waals surface area contributed by atoms with Crippen LogP contribution in [0.3, 0.4) is 0 Å². The number of rotatable bonds is 3. The smallest absolute Gasteiger partial charge is 0.222 e. The minimum Gasteiger partial charge on any atom is -0.364 e. The van der Waals surface area contributed by atoms with Crippen LogP contribution in [0.25, 0.3) is 0 Å². The first-order valence-corrected chi connectivity index (χ1v) is 6.52. The molecule has 0 saturated heterocycles. The highest BCUT2D eigenvalue weighted by atomic mass is 16.2. The topological polar surface area (TPSA) is 53.2 Å². The van der Waals surface area contributed by atoms with E-state index in [2.05, 4.69) is 4.98 Å². The van der Waals surface area contributed by atoms with Crippen LogP contribution in [-0.2, 0) is 17.6 Å². The van der Waals surface area contributed by atoms with Crippen molar-refractivity contribution in [1.82, 2.24) is 9.88 Å². The Balaban J connectivity index is 2.12. The third-order valence-corrected chi connectivity index (χ3v) is 3.51. The summed E-state index contributed by atoms with van der Waals surface area (Å²) >= 11 is 0. The zero-order valence-electron chi connectivity index (χ0n) is 11.1. The second-order valence-electron chi connectivity index (χ2n) is 5.09. The molecule has 1 aromatic heterocycles. The fourth-order valence-electron chi connectivity index (χ4n) is 2.43. The molecule has 18 heavy (non-hydrogen) atoms. The number of aromatic nitrogens is 1. The third-order valence-electron chi connectivity index (χ3n) is 3.51. The van der Waals surface area contributed by atoms with Crippen molar-refractivity contribution in [1.29, 1.82) is 0 Å². The molecule has 1 aromatic rings. The number of hydrogen-bond donors (Lipinski definition) is 1. The van der Waals surface area contributed by atoms with E-state index in [1.807, 2.05) is 6.20 Å². The average molecular weight is 248 g/mol. The quantitative estimate of drug-likeness (QED) is 0.831. The molecule has 0 unspecified atom stereocenters. The van der Waals surface area contributed by atoms with Crippen molar-refractivity contribution in [3.05, 3.63) is 23.0 Å². The van der Waals surface area contributed by atoms with Crippen LogP contribution in [0, 0.1) is 0 Å². The molecule has 1 N–H and O–H groups in total. The highest BCUT2D eigenvalue weighted by Crippen LogP contribution is 2.24. The Morgan fingerprint density at radius 2 is 2.06 bits per heavy atom. The number of ketones is 1. The number of nitrogens with one attached hydrogen (secondary N) is 1. The average Bonchev–Trinajstić information content (AvgIpc) is 2.65. The van der Waals surface area contributed by atoms with Gasteiger partial charge in [-0.1, -0.05) is 0 Å². The summed E-state index contributed by atoms with van der Waals surface area (Å²) in [7, 11) is 3.51. The molecule has 0 aromatic carbocycles. The number of Topliss-reactive ketones (excluding diaryl/α,β-unsaturated/α-hetero) is 1. The van der Waals surface area contributed by atoms with Crippen LogP contribution in [0.15, 0.2) is 6.20 Å². The van der Waals surface area contributed by atoms with E-state index < -0.39 is 0 Å². The van der Waals surface area contributed by atoms with E-state index in [-0.39, 0.29) is 11.7 Å². The van der Waals surface area contributed by atoms with E-state index in [4.69, 9.17) is 0 Å². The molecule has 4 nitrogen and oxygen atoms in total. The first-order chi connectivity index (χ1) is 8.59. The minimum absolute atomic E-state index is 0.103. The first kappa shape index (κ1) is 12.9. The molecule has 0 aliphatic heterocycles. The second-order valence-corrected chi connectivity index (χ2v) is 5.09. The van der Waals surface area contributed by atoms with Crippen LogP contribution < -0.4 is 0 Å². The number of aromatic amines is 1. The maximum Gasteiger partial charge on any atom is 0.222 e. The Labute approximate surface area is 107 Å². The number of amides is 1. The number of carbonyl (C=O) groups excluding carboxylic acids is 2. The molecule has 2 rings (SSSR count). The fraction of sp³-hybridized carbons (Fsp3) is 0.571. The van der Waals surface area contributed by atoms with Gasteiger partial charge in [-0.3, -0.25) is 9.59 Å². The van der Waals surface area contributed by atoms with Crippen LogP contribution in [0.2, 0.25) is 0 Å². The lowest BCUT2D eigenvalue weighted by Gasteiger charge is -2.09. The third kappa shape index (κ3) is 2.63. The lowest BCUT2D eigenvalue weighted by Crippen LogP contribution is -2.22. The molecule has 0 saturated carbocycles. The van der Waals surface area contributed by atoms with Crippen molar-refractivity contribution < 1.29 is 9.59 Å². The van der Waals surface area contributed by atoms with Gasteiger partial charge in [-0.2, -0.15) is 0 Å². The van der Waals surface area contributed by atoms with E-state index in [0.717, 1.165) is 36.1 Å². The molecule has 0 bridgehead atoms. The first-order valence-electron chi connectivity index (χ1n) is 6.52. The van der Waals surface area contributed by atoms with Crippen LogP contribution in [0.5, 0.6) is 0 Å². The van der Waals surface area contributed by atoms with Gasteiger partial charge < -0.3 is 9.88 Å². The van der Waals surface area contributed by atoms with E-state index in [9.17, 15) is 9.59 Å². The predicted octanol–water partition coefficient (Wildman–Crippen LogP) is 1.94. The van der Waals surface area contributed by atoms with Gasteiger partial charge in [0, 0.05) is 44.4 Å².